The maximum atomic E-state index is 11.9. The SMILES string of the molecule is CC(Cc1ccccc1)NC(=O)c1cccnc1.O=P(O)(O)O. The highest BCUT2D eigenvalue weighted by Gasteiger charge is 2.09. The van der Waals surface area contributed by atoms with Gasteiger partial charge in [-0.1, -0.05) is 30.3 Å². The zero-order valence-corrected chi connectivity index (χ0v) is 13.4. The molecule has 1 amide bonds. The number of amides is 1. The van der Waals surface area contributed by atoms with Crippen molar-refractivity contribution in [3.63, 3.8) is 0 Å². The number of aromatic nitrogens is 1. The minimum atomic E-state index is -4.64. The molecular formula is C15H19N2O5P. The highest BCUT2D eigenvalue weighted by atomic mass is 31.2. The largest absolute Gasteiger partial charge is 0.466 e. The third-order valence-corrected chi connectivity index (χ3v) is 2.69. The maximum Gasteiger partial charge on any atom is 0.466 e. The molecule has 1 unspecified atom stereocenters. The summed E-state index contributed by atoms with van der Waals surface area (Å²) in [5.74, 6) is -0.0773. The van der Waals surface area contributed by atoms with Gasteiger partial charge in [0.2, 0.25) is 0 Å². The van der Waals surface area contributed by atoms with Gasteiger partial charge in [-0.05, 0) is 31.0 Å². The Labute approximate surface area is 134 Å². The first kappa shape index (κ1) is 19.0. The van der Waals surface area contributed by atoms with E-state index >= 15 is 0 Å². The average Bonchev–Trinajstić information content (AvgIpc) is 2.47. The summed E-state index contributed by atoms with van der Waals surface area (Å²) < 4.78 is 8.88. The summed E-state index contributed by atoms with van der Waals surface area (Å²) in [4.78, 5) is 37.4. The predicted octanol–water partition coefficient (Wildman–Crippen LogP) is 1.51. The molecule has 2 rings (SSSR count). The fraction of sp³-hybridized carbons (Fsp3) is 0.200. The van der Waals surface area contributed by atoms with Crippen LogP contribution in [0.15, 0.2) is 54.9 Å². The molecule has 1 aromatic heterocycles. The molecule has 1 heterocycles. The van der Waals surface area contributed by atoms with Gasteiger partial charge in [-0.15, -0.1) is 0 Å². The third kappa shape index (κ3) is 9.55. The number of phosphoric acid groups is 1. The molecule has 0 radical (unpaired) electrons. The summed E-state index contributed by atoms with van der Waals surface area (Å²) in [5.41, 5.74) is 1.81. The molecule has 1 atom stereocenters. The Hall–Kier alpha value is -2.05. The molecule has 1 aromatic carbocycles. The van der Waals surface area contributed by atoms with E-state index in [0.717, 1.165) is 6.42 Å². The van der Waals surface area contributed by atoms with Gasteiger partial charge in [-0.3, -0.25) is 9.78 Å². The maximum absolute atomic E-state index is 11.9. The van der Waals surface area contributed by atoms with Crippen molar-refractivity contribution in [2.24, 2.45) is 0 Å². The highest BCUT2D eigenvalue weighted by Crippen LogP contribution is 2.25. The van der Waals surface area contributed by atoms with Crippen LogP contribution in [0, 0.1) is 0 Å². The molecule has 0 fully saturated rings. The van der Waals surface area contributed by atoms with Crippen LogP contribution < -0.4 is 5.32 Å². The van der Waals surface area contributed by atoms with Crippen LogP contribution in [0.2, 0.25) is 0 Å². The number of pyridine rings is 1. The number of hydrogen-bond acceptors (Lipinski definition) is 3. The first-order chi connectivity index (χ1) is 10.8. The van der Waals surface area contributed by atoms with Crippen LogP contribution >= 0.6 is 7.82 Å². The molecule has 0 aliphatic carbocycles. The van der Waals surface area contributed by atoms with Crippen molar-refractivity contribution in [3.8, 4) is 0 Å². The lowest BCUT2D eigenvalue weighted by molar-refractivity contribution is 0.0939. The van der Waals surface area contributed by atoms with Crippen molar-refractivity contribution >= 4 is 13.7 Å². The molecule has 0 spiro atoms. The van der Waals surface area contributed by atoms with Crippen LogP contribution in [0.5, 0.6) is 0 Å². The number of nitrogens with zero attached hydrogens (tertiary/aromatic N) is 1. The quantitative estimate of drug-likeness (QED) is 0.627. The van der Waals surface area contributed by atoms with E-state index in [2.05, 4.69) is 22.4 Å². The van der Waals surface area contributed by atoms with E-state index in [9.17, 15) is 4.79 Å². The Balaban J connectivity index is 0.000000463. The smallest absolute Gasteiger partial charge is 0.349 e. The molecule has 4 N–H and O–H groups in total. The van der Waals surface area contributed by atoms with Crippen LogP contribution in [0.1, 0.15) is 22.8 Å². The van der Waals surface area contributed by atoms with Crippen LogP contribution in [-0.4, -0.2) is 31.6 Å². The molecule has 124 valence electrons. The van der Waals surface area contributed by atoms with E-state index in [-0.39, 0.29) is 11.9 Å². The fourth-order valence-electron chi connectivity index (χ4n) is 1.82. The molecule has 0 aliphatic heterocycles. The molecule has 0 bridgehead atoms. The topological polar surface area (TPSA) is 120 Å². The summed E-state index contributed by atoms with van der Waals surface area (Å²) in [7, 11) is -4.64. The van der Waals surface area contributed by atoms with Crippen molar-refractivity contribution in [1.82, 2.24) is 10.3 Å². The molecule has 8 heteroatoms. The van der Waals surface area contributed by atoms with E-state index in [1.807, 2.05) is 25.1 Å². The predicted molar refractivity (Wildman–Crippen MR) is 85.6 cm³/mol. The van der Waals surface area contributed by atoms with Crippen molar-refractivity contribution in [3.05, 3.63) is 66.0 Å². The number of benzene rings is 1. The second-order valence-corrected chi connectivity index (χ2v) is 5.85. The second kappa shape index (κ2) is 9.17. The molecular weight excluding hydrogens is 319 g/mol. The second-order valence-electron chi connectivity index (χ2n) is 4.82. The zero-order chi connectivity index (χ0) is 17.3. The normalized spacial score (nSPS) is 11.8. The van der Waals surface area contributed by atoms with Crippen LogP contribution in [0.3, 0.4) is 0 Å². The summed E-state index contributed by atoms with van der Waals surface area (Å²) >= 11 is 0. The Morgan fingerprint density at radius 1 is 1.17 bits per heavy atom. The van der Waals surface area contributed by atoms with Crippen molar-refractivity contribution in [2.75, 3.05) is 0 Å². The van der Waals surface area contributed by atoms with Crippen LogP contribution in [0.4, 0.5) is 0 Å². The number of hydrogen-bond donors (Lipinski definition) is 4. The molecule has 0 saturated heterocycles. The molecule has 7 nitrogen and oxygen atoms in total. The van der Waals surface area contributed by atoms with E-state index in [1.165, 1.54) is 5.56 Å². The van der Waals surface area contributed by atoms with Crippen LogP contribution in [0.25, 0.3) is 0 Å². The van der Waals surface area contributed by atoms with Gasteiger partial charge < -0.3 is 20.0 Å². The Morgan fingerprint density at radius 3 is 2.30 bits per heavy atom. The number of rotatable bonds is 4. The van der Waals surface area contributed by atoms with Gasteiger partial charge in [-0.25, -0.2) is 4.57 Å². The minimum Gasteiger partial charge on any atom is -0.349 e. The van der Waals surface area contributed by atoms with Gasteiger partial charge in [0.15, 0.2) is 0 Å². The number of nitrogens with one attached hydrogen (secondary N) is 1. The van der Waals surface area contributed by atoms with E-state index in [4.69, 9.17) is 19.2 Å². The molecule has 0 saturated carbocycles. The molecule has 0 aliphatic rings. The van der Waals surface area contributed by atoms with Gasteiger partial charge >= 0.3 is 7.82 Å². The van der Waals surface area contributed by atoms with Gasteiger partial charge in [-0.2, -0.15) is 0 Å². The van der Waals surface area contributed by atoms with Crippen molar-refractivity contribution in [2.45, 2.75) is 19.4 Å². The highest BCUT2D eigenvalue weighted by molar-refractivity contribution is 7.45. The van der Waals surface area contributed by atoms with Gasteiger partial charge in [0.25, 0.3) is 5.91 Å². The lowest BCUT2D eigenvalue weighted by Gasteiger charge is -2.13. The minimum absolute atomic E-state index is 0.0773. The van der Waals surface area contributed by atoms with E-state index in [1.54, 1.807) is 24.5 Å². The third-order valence-electron chi connectivity index (χ3n) is 2.69. The van der Waals surface area contributed by atoms with E-state index in [0.29, 0.717) is 5.56 Å². The Bertz CT molecular complexity index is 637. The summed E-state index contributed by atoms with van der Waals surface area (Å²) in [6.45, 7) is 2.00. The number of carbonyl (C=O) groups excluding carboxylic acids is 1. The van der Waals surface area contributed by atoms with Gasteiger partial charge in [0.05, 0.1) is 5.56 Å². The fourth-order valence-corrected chi connectivity index (χ4v) is 1.82. The van der Waals surface area contributed by atoms with Crippen LogP contribution in [-0.2, 0) is 11.0 Å². The Kier molecular flexibility index (Phi) is 7.57. The zero-order valence-electron chi connectivity index (χ0n) is 12.5. The molecule has 23 heavy (non-hydrogen) atoms. The first-order valence-corrected chi connectivity index (χ1v) is 8.35. The first-order valence-electron chi connectivity index (χ1n) is 6.79. The lowest BCUT2D eigenvalue weighted by Crippen LogP contribution is -2.34. The Morgan fingerprint density at radius 2 is 1.78 bits per heavy atom. The molecule has 2 aromatic rings. The standard InChI is InChI=1S/C15H16N2O.H3O4P/c1-12(10-13-6-3-2-4-7-13)17-15(18)14-8-5-9-16-11-14;1-5(2,3)4/h2-9,11-12H,10H2,1H3,(H,17,18);(H3,1,2,3,4). The summed E-state index contributed by atoms with van der Waals surface area (Å²) in [5, 5.41) is 2.97. The van der Waals surface area contributed by atoms with Gasteiger partial charge in [0, 0.05) is 18.4 Å². The van der Waals surface area contributed by atoms with Crippen molar-refractivity contribution < 1.29 is 24.0 Å². The number of carbonyl (C=O) groups is 1. The van der Waals surface area contributed by atoms with E-state index < -0.39 is 7.82 Å². The monoisotopic (exact) mass is 338 g/mol. The van der Waals surface area contributed by atoms with Crippen molar-refractivity contribution in [1.29, 1.82) is 0 Å². The lowest BCUT2D eigenvalue weighted by atomic mass is 10.1. The summed E-state index contributed by atoms with van der Waals surface area (Å²) in [6.07, 6.45) is 4.06. The van der Waals surface area contributed by atoms with Gasteiger partial charge in [0.1, 0.15) is 0 Å². The average molecular weight is 338 g/mol. The summed E-state index contributed by atoms with van der Waals surface area (Å²) in [6, 6.07) is 13.7.